The number of anilines is 1. The number of hydrogen-bond donors (Lipinski definition) is 3. The number of nitrogens with one attached hydrogen (secondary N) is 2. The van der Waals surface area contributed by atoms with Gasteiger partial charge in [0, 0.05) is 17.5 Å². The van der Waals surface area contributed by atoms with Gasteiger partial charge in [-0.15, -0.1) is 0 Å². The molecule has 0 saturated carbocycles. The summed E-state index contributed by atoms with van der Waals surface area (Å²) in [6.07, 6.45) is 4.84. The van der Waals surface area contributed by atoms with E-state index in [-0.39, 0.29) is 11.3 Å². The Bertz CT molecular complexity index is 738. The van der Waals surface area contributed by atoms with Gasteiger partial charge in [0.15, 0.2) is 0 Å². The van der Waals surface area contributed by atoms with E-state index < -0.39 is 11.5 Å². The summed E-state index contributed by atoms with van der Waals surface area (Å²) in [5, 5.41) is 12.8. The molecule has 6 heteroatoms. The average molecular weight is 285 g/mol. The van der Waals surface area contributed by atoms with Crippen LogP contribution in [0.4, 0.5) is 5.82 Å². The van der Waals surface area contributed by atoms with Crippen molar-refractivity contribution >= 4 is 11.7 Å². The van der Waals surface area contributed by atoms with Crippen LogP contribution in [-0.2, 0) is 12.8 Å². The molecule has 3 N–H and O–H groups in total. The van der Waals surface area contributed by atoms with Crippen molar-refractivity contribution < 1.29 is 9.90 Å². The number of aromatic hydroxyl groups is 1. The summed E-state index contributed by atoms with van der Waals surface area (Å²) in [6.45, 7) is 0. The van der Waals surface area contributed by atoms with Gasteiger partial charge in [-0.05, 0) is 37.8 Å². The second kappa shape index (κ2) is 5.40. The van der Waals surface area contributed by atoms with E-state index in [1.54, 1.807) is 18.2 Å². The van der Waals surface area contributed by atoms with Gasteiger partial charge in [-0.25, -0.2) is 4.98 Å². The molecule has 0 saturated heterocycles. The molecule has 0 unspecified atom stereocenters. The van der Waals surface area contributed by atoms with Crippen LogP contribution >= 0.6 is 0 Å². The number of carbonyl (C=O) groups excluding carboxylic acids is 1. The monoisotopic (exact) mass is 285 g/mol. The highest BCUT2D eigenvalue weighted by atomic mass is 16.3. The lowest BCUT2D eigenvalue weighted by Gasteiger charge is -2.18. The van der Waals surface area contributed by atoms with Crippen LogP contribution in [0, 0.1) is 0 Å². The van der Waals surface area contributed by atoms with E-state index in [1.807, 2.05) is 0 Å². The fourth-order valence-electron chi connectivity index (χ4n) is 2.59. The highest BCUT2D eigenvalue weighted by Crippen LogP contribution is 2.28. The van der Waals surface area contributed by atoms with Gasteiger partial charge in [-0.3, -0.25) is 9.59 Å². The van der Waals surface area contributed by atoms with Crippen molar-refractivity contribution in [1.29, 1.82) is 0 Å². The van der Waals surface area contributed by atoms with Gasteiger partial charge >= 0.3 is 0 Å². The van der Waals surface area contributed by atoms with Crippen molar-refractivity contribution in [2.45, 2.75) is 25.7 Å². The minimum Gasteiger partial charge on any atom is -0.507 e. The van der Waals surface area contributed by atoms with Gasteiger partial charge in [0.2, 0.25) is 0 Å². The van der Waals surface area contributed by atoms with Crippen LogP contribution in [0.5, 0.6) is 5.75 Å². The predicted molar refractivity (Wildman–Crippen MR) is 77.6 cm³/mol. The number of aryl methyl sites for hydroxylation is 1. The van der Waals surface area contributed by atoms with E-state index in [0.717, 1.165) is 25.0 Å². The maximum atomic E-state index is 12.2. The normalized spacial score (nSPS) is 13.5. The third kappa shape index (κ3) is 2.52. The summed E-state index contributed by atoms with van der Waals surface area (Å²) >= 11 is 0. The quantitative estimate of drug-likeness (QED) is 0.781. The van der Waals surface area contributed by atoms with E-state index in [4.69, 9.17) is 0 Å². The van der Waals surface area contributed by atoms with E-state index in [1.165, 1.54) is 6.20 Å². The first-order valence-electron chi connectivity index (χ1n) is 6.86. The Morgan fingerprint density at radius 1 is 1.29 bits per heavy atom. The molecule has 6 nitrogen and oxygen atoms in total. The molecule has 0 radical (unpaired) electrons. The number of pyridine rings is 2. The fourth-order valence-corrected chi connectivity index (χ4v) is 2.59. The third-order valence-corrected chi connectivity index (χ3v) is 3.62. The molecule has 108 valence electrons. The smallest absolute Gasteiger partial charge is 0.266 e. The highest BCUT2D eigenvalue weighted by Gasteiger charge is 2.24. The molecule has 21 heavy (non-hydrogen) atoms. The molecular formula is C15H15N3O3. The molecule has 2 heterocycles. The van der Waals surface area contributed by atoms with Crippen LogP contribution in [0.15, 0.2) is 29.2 Å². The fraction of sp³-hybridized carbons (Fsp3) is 0.267. The SMILES string of the molecule is O=C(Nc1ccccn1)c1c(O)c2c([nH]c1=O)CCCC2. The summed E-state index contributed by atoms with van der Waals surface area (Å²) < 4.78 is 0. The van der Waals surface area contributed by atoms with Crippen LogP contribution in [0.2, 0.25) is 0 Å². The Labute approximate surface area is 120 Å². The second-order valence-corrected chi connectivity index (χ2v) is 5.01. The summed E-state index contributed by atoms with van der Waals surface area (Å²) in [6, 6.07) is 5.06. The highest BCUT2D eigenvalue weighted by molar-refractivity contribution is 6.05. The molecule has 0 fully saturated rings. The molecule has 2 aromatic rings. The first kappa shape index (κ1) is 13.4. The van der Waals surface area contributed by atoms with Crippen LogP contribution < -0.4 is 10.9 Å². The van der Waals surface area contributed by atoms with Crippen LogP contribution in [-0.4, -0.2) is 21.0 Å². The number of nitrogens with zero attached hydrogens (tertiary/aromatic N) is 1. The van der Waals surface area contributed by atoms with Crippen molar-refractivity contribution in [2.24, 2.45) is 0 Å². The number of hydrogen-bond acceptors (Lipinski definition) is 4. The van der Waals surface area contributed by atoms with E-state index >= 15 is 0 Å². The summed E-state index contributed by atoms with van der Waals surface area (Å²) in [5.74, 6) is -0.526. The van der Waals surface area contributed by atoms with Crippen molar-refractivity contribution in [3.05, 3.63) is 51.6 Å². The number of fused-ring (bicyclic) bond motifs is 1. The van der Waals surface area contributed by atoms with Gasteiger partial charge < -0.3 is 15.4 Å². The summed E-state index contributed by atoms with van der Waals surface area (Å²) in [4.78, 5) is 30.9. The standard InChI is InChI=1S/C15H15N3O3/c19-13-9-5-1-2-6-10(9)17-14(20)12(13)15(21)18-11-7-3-4-8-16-11/h3-4,7-8H,1-2,5-6H2,(H,16,18,21)(H2,17,19,20). The van der Waals surface area contributed by atoms with Crippen molar-refractivity contribution in [3.8, 4) is 5.75 Å². The predicted octanol–water partition coefficient (Wildman–Crippen LogP) is 1.61. The zero-order valence-electron chi connectivity index (χ0n) is 11.3. The molecule has 0 bridgehead atoms. The maximum Gasteiger partial charge on any atom is 0.266 e. The maximum absolute atomic E-state index is 12.2. The number of H-pyrrole nitrogens is 1. The lowest BCUT2D eigenvalue weighted by atomic mass is 9.93. The Hall–Kier alpha value is -2.63. The Morgan fingerprint density at radius 2 is 2.10 bits per heavy atom. The first-order chi connectivity index (χ1) is 10.2. The molecule has 2 aromatic heterocycles. The second-order valence-electron chi connectivity index (χ2n) is 5.01. The minimum absolute atomic E-state index is 0.207. The lowest BCUT2D eigenvalue weighted by Crippen LogP contribution is -2.26. The van der Waals surface area contributed by atoms with E-state index in [9.17, 15) is 14.7 Å². The Balaban J connectivity index is 1.98. The molecule has 0 atom stereocenters. The molecule has 0 aliphatic heterocycles. The molecule has 3 rings (SSSR count). The first-order valence-corrected chi connectivity index (χ1v) is 6.86. The molecule has 1 aliphatic rings. The zero-order valence-corrected chi connectivity index (χ0v) is 11.3. The van der Waals surface area contributed by atoms with Crippen LogP contribution in [0.3, 0.4) is 0 Å². The number of rotatable bonds is 2. The summed E-state index contributed by atoms with van der Waals surface area (Å²) in [5.41, 5.74) is 0.591. The molecule has 1 aliphatic carbocycles. The summed E-state index contributed by atoms with van der Waals surface area (Å²) in [7, 11) is 0. The van der Waals surface area contributed by atoms with E-state index in [0.29, 0.717) is 17.8 Å². The van der Waals surface area contributed by atoms with Crippen molar-refractivity contribution in [2.75, 3.05) is 5.32 Å². The van der Waals surface area contributed by atoms with Gasteiger partial charge in [0.25, 0.3) is 11.5 Å². The Morgan fingerprint density at radius 3 is 2.86 bits per heavy atom. The van der Waals surface area contributed by atoms with Gasteiger partial charge in [0.1, 0.15) is 17.1 Å². The zero-order chi connectivity index (χ0) is 14.8. The van der Waals surface area contributed by atoms with Gasteiger partial charge in [-0.1, -0.05) is 6.07 Å². The van der Waals surface area contributed by atoms with Crippen molar-refractivity contribution in [1.82, 2.24) is 9.97 Å². The van der Waals surface area contributed by atoms with Crippen molar-refractivity contribution in [3.63, 3.8) is 0 Å². The topological polar surface area (TPSA) is 95.1 Å². The molecule has 0 spiro atoms. The molecule has 0 aromatic carbocycles. The average Bonchev–Trinajstić information content (AvgIpc) is 2.48. The minimum atomic E-state index is -0.652. The van der Waals surface area contributed by atoms with Crippen LogP contribution in [0.25, 0.3) is 0 Å². The lowest BCUT2D eigenvalue weighted by molar-refractivity contribution is 0.102. The number of aromatic amines is 1. The van der Waals surface area contributed by atoms with Crippen LogP contribution in [0.1, 0.15) is 34.5 Å². The molecule has 1 amide bonds. The van der Waals surface area contributed by atoms with E-state index in [2.05, 4.69) is 15.3 Å². The largest absolute Gasteiger partial charge is 0.507 e. The molecular weight excluding hydrogens is 270 g/mol. The van der Waals surface area contributed by atoms with Gasteiger partial charge in [-0.2, -0.15) is 0 Å². The number of amides is 1. The van der Waals surface area contributed by atoms with Gasteiger partial charge in [0.05, 0.1) is 0 Å². The Kier molecular flexibility index (Phi) is 3.43. The number of carbonyl (C=O) groups is 1. The third-order valence-electron chi connectivity index (χ3n) is 3.62. The number of aromatic nitrogens is 2.